The summed E-state index contributed by atoms with van der Waals surface area (Å²) < 4.78 is 0.854. The third-order valence-corrected chi connectivity index (χ3v) is 0. The molecular formula is CH3Br3In. The third kappa shape index (κ3) is 22.0. The van der Waals surface area contributed by atoms with E-state index in [1.54, 1.807) is 0 Å². The van der Waals surface area contributed by atoms with Crippen molar-refractivity contribution in [3.8, 4) is 0 Å². The van der Waals surface area contributed by atoms with Crippen LogP contribution in [0.15, 0.2) is 0 Å². The predicted molar refractivity (Wildman–Crippen MR) is 40.0 cm³/mol. The molecule has 0 aliphatic rings. The molecule has 0 bridgehead atoms. The molecular weight excluding hydrogens is 367 g/mol. The average Bonchev–Trinajstić information content (AvgIpc) is 0.811. The minimum absolute atomic E-state index is 0. The minimum atomic E-state index is 0. The van der Waals surface area contributed by atoms with E-state index in [9.17, 15) is 0 Å². The molecule has 0 aromatic carbocycles. The number of hydrogen-bond donors (Lipinski definition) is 0. The zero-order chi connectivity index (χ0) is 3.58. The van der Waals surface area contributed by atoms with Gasteiger partial charge in [-0.3, -0.25) is 0 Å². The Balaban J connectivity index is 0. The van der Waals surface area contributed by atoms with Gasteiger partial charge in [-0.05, 0) is 0 Å². The van der Waals surface area contributed by atoms with Crippen molar-refractivity contribution in [1.82, 2.24) is 0 Å². The fourth-order valence-corrected chi connectivity index (χ4v) is 0. The van der Waals surface area contributed by atoms with Gasteiger partial charge in [0.1, 0.15) is 0 Å². The number of rotatable bonds is 0. The summed E-state index contributed by atoms with van der Waals surface area (Å²) in [7, 11) is 0. The summed E-state index contributed by atoms with van der Waals surface area (Å²) in [5.41, 5.74) is 0. The molecule has 0 saturated heterocycles. The van der Waals surface area contributed by atoms with Gasteiger partial charge in [-0.2, -0.15) is 0 Å². The van der Waals surface area contributed by atoms with Gasteiger partial charge < -0.3 is 0 Å². The molecule has 0 aromatic heterocycles. The first-order chi connectivity index (χ1) is 1.73. The molecule has 0 nitrogen and oxygen atoms in total. The number of halogens is 3. The second kappa shape index (κ2) is 6.31. The maximum atomic E-state index is 3.02. The van der Waals surface area contributed by atoms with Crippen LogP contribution in [0.3, 0.4) is 0 Å². The van der Waals surface area contributed by atoms with E-state index in [2.05, 4.69) is 47.8 Å². The van der Waals surface area contributed by atoms with Crippen molar-refractivity contribution in [3.05, 3.63) is 2.65 Å². The van der Waals surface area contributed by atoms with Crippen LogP contribution in [0.1, 0.15) is 0 Å². The van der Waals surface area contributed by atoms with Crippen molar-refractivity contribution < 1.29 is 0 Å². The molecule has 0 fully saturated rings. The Morgan fingerprint density at radius 3 is 1.00 bits per heavy atom. The number of hydrogen-bond acceptors (Lipinski definition) is 0. The SMILES string of the molecule is Br[C](Br)Br.[InH3]. The van der Waals surface area contributed by atoms with Gasteiger partial charge in [0, 0.05) is 0 Å². The summed E-state index contributed by atoms with van der Waals surface area (Å²) in [6.45, 7) is 0. The Labute approximate surface area is 75.2 Å². The van der Waals surface area contributed by atoms with Crippen molar-refractivity contribution >= 4 is 73.6 Å². The van der Waals surface area contributed by atoms with Crippen LogP contribution in [-0.2, 0) is 0 Å². The molecule has 0 aliphatic heterocycles. The Kier molecular flexibility index (Phi) is 13.0. The van der Waals surface area contributed by atoms with Crippen LogP contribution in [0.5, 0.6) is 0 Å². The van der Waals surface area contributed by atoms with Crippen molar-refractivity contribution in [2.24, 2.45) is 0 Å². The van der Waals surface area contributed by atoms with Gasteiger partial charge >= 0.3 is 25.8 Å². The van der Waals surface area contributed by atoms with Gasteiger partial charge in [0.25, 0.3) is 0 Å². The van der Waals surface area contributed by atoms with Crippen molar-refractivity contribution in [1.29, 1.82) is 0 Å². The predicted octanol–water partition coefficient (Wildman–Crippen LogP) is 1.43. The first-order valence-corrected chi connectivity index (χ1v) is 2.95. The van der Waals surface area contributed by atoms with Crippen molar-refractivity contribution in [2.75, 3.05) is 0 Å². The molecule has 0 heterocycles. The molecule has 0 rings (SSSR count). The molecule has 5 heavy (non-hydrogen) atoms. The molecule has 0 N–H and O–H groups in total. The summed E-state index contributed by atoms with van der Waals surface area (Å²) in [4.78, 5) is 0. The van der Waals surface area contributed by atoms with Crippen LogP contribution in [0.25, 0.3) is 0 Å². The average molecular weight is 370 g/mol. The van der Waals surface area contributed by atoms with Crippen LogP contribution < -0.4 is 0 Å². The van der Waals surface area contributed by atoms with Gasteiger partial charge in [0.05, 0.1) is 0 Å². The molecule has 0 aromatic rings. The van der Waals surface area contributed by atoms with Crippen LogP contribution in [0, 0.1) is 2.65 Å². The van der Waals surface area contributed by atoms with Crippen LogP contribution in [0.2, 0.25) is 0 Å². The Bertz CT molecular complexity index is 11.6. The topological polar surface area (TPSA) is 0 Å². The zero-order valence-corrected chi connectivity index (χ0v) is 6.39. The van der Waals surface area contributed by atoms with E-state index in [0.29, 0.717) is 0 Å². The van der Waals surface area contributed by atoms with Gasteiger partial charge in [-0.15, -0.1) is 0 Å². The van der Waals surface area contributed by atoms with E-state index in [-0.39, 0.29) is 25.8 Å². The molecule has 31 valence electrons. The standard InChI is InChI=1S/CBr3.In.3H/c2-1(3)4;;;;. The quantitative estimate of drug-likeness (QED) is 0.606. The third-order valence-electron chi connectivity index (χ3n) is 0. The summed E-state index contributed by atoms with van der Waals surface area (Å²) in [5.74, 6) is 0. The van der Waals surface area contributed by atoms with Crippen LogP contribution in [-0.4, -0.2) is 25.8 Å². The van der Waals surface area contributed by atoms with E-state index >= 15 is 0 Å². The molecule has 0 amide bonds. The van der Waals surface area contributed by atoms with Crippen LogP contribution >= 0.6 is 47.8 Å². The monoisotopic (exact) mass is 367 g/mol. The fraction of sp³-hybridized carbons (Fsp3) is 0. The molecule has 0 saturated carbocycles. The Morgan fingerprint density at radius 1 is 1.00 bits per heavy atom. The van der Waals surface area contributed by atoms with E-state index < -0.39 is 0 Å². The first kappa shape index (κ1) is 10.3. The van der Waals surface area contributed by atoms with E-state index in [1.807, 2.05) is 0 Å². The zero-order valence-electron chi connectivity index (χ0n) is 1.63. The molecule has 4 heteroatoms. The van der Waals surface area contributed by atoms with Gasteiger partial charge in [-0.25, -0.2) is 0 Å². The maximum absolute atomic E-state index is 3.02. The van der Waals surface area contributed by atoms with Crippen LogP contribution in [0.4, 0.5) is 0 Å². The molecule has 0 atom stereocenters. The Hall–Kier alpha value is 2.31. The van der Waals surface area contributed by atoms with Crippen molar-refractivity contribution in [2.45, 2.75) is 0 Å². The van der Waals surface area contributed by atoms with Gasteiger partial charge in [0.15, 0.2) is 2.65 Å². The molecule has 0 unspecified atom stereocenters. The van der Waals surface area contributed by atoms with Gasteiger partial charge in [-0.1, -0.05) is 47.8 Å². The second-order valence-electron chi connectivity index (χ2n) is 0.214. The van der Waals surface area contributed by atoms with E-state index in [4.69, 9.17) is 0 Å². The molecule has 0 aliphatic carbocycles. The van der Waals surface area contributed by atoms with Crippen molar-refractivity contribution in [3.63, 3.8) is 0 Å². The molecule has 1 radical (unpaired) electrons. The van der Waals surface area contributed by atoms with E-state index in [0.717, 1.165) is 2.65 Å². The Morgan fingerprint density at radius 2 is 1.00 bits per heavy atom. The first-order valence-electron chi connectivity index (χ1n) is 0.567. The summed E-state index contributed by atoms with van der Waals surface area (Å²) in [6.07, 6.45) is 0. The summed E-state index contributed by atoms with van der Waals surface area (Å²) in [5, 5.41) is 0. The second-order valence-corrected chi connectivity index (χ2v) is 5.79. The molecule has 0 spiro atoms. The van der Waals surface area contributed by atoms with E-state index in [1.165, 1.54) is 0 Å². The fourth-order valence-electron chi connectivity index (χ4n) is 0. The van der Waals surface area contributed by atoms with Gasteiger partial charge in [0.2, 0.25) is 0 Å². The summed E-state index contributed by atoms with van der Waals surface area (Å²) >= 11 is 9.06. The summed E-state index contributed by atoms with van der Waals surface area (Å²) in [6, 6.07) is 0. The normalized spacial score (nSPS) is 7.20.